The van der Waals surface area contributed by atoms with Gasteiger partial charge in [-0.05, 0) is 73.5 Å². The molecule has 0 saturated carbocycles. The maximum atomic E-state index is 12.7. The number of nitrogens with zero attached hydrogens (tertiary/aromatic N) is 2. The van der Waals surface area contributed by atoms with Crippen molar-refractivity contribution >= 4 is 38.7 Å². The Balaban J connectivity index is 1.76. The minimum atomic E-state index is -3.81. The number of nitro groups is 1. The lowest BCUT2D eigenvalue weighted by molar-refractivity contribution is -0.384. The van der Waals surface area contributed by atoms with Gasteiger partial charge in [-0.2, -0.15) is 0 Å². The summed E-state index contributed by atoms with van der Waals surface area (Å²) in [4.78, 5) is 25.0. The molecular weight excluding hydrogens is 444 g/mol. The van der Waals surface area contributed by atoms with Crippen molar-refractivity contribution in [2.24, 2.45) is 0 Å². The van der Waals surface area contributed by atoms with Gasteiger partial charge in [-0.3, -0.25) is 19.6 Å². The lowest BCUT2D eigenvalue weighted by Crippen LogP contribution is -2.15. The smallest absolute Gasteiger partial charge is 0.293 e. The summed E-state index contributed by atoms with van der Waals surface area (Å²) in [6, 6.07) is 15.1. The van der Waals surface area contributed by atoms with Crippen molar-refractivity contribution in [3.63, 3.8) is 0 Å². The Morgan fingerprint density at radius 2 is 1.55 bits per heavy atom. The van der Waals surface area contributed by atoms with E-state index in [1.807, 2.05) is 19.9 Å². The van der Waals surface area contributed by atoms with E-state index in [-0.39, 0.29) is 16.1 Å². The Hall–Kier alpha value is -3.92. The molecule has 0 atom stereocenters. The van der Waals surface area contributed by atoms with E-state index in [1.165, 1.54) is 42.5 Å². The number of anilines is 3. The average molecular weight is 469 g/mol. The lowest BCUT2D eigenvalue weighted by atomic mass is 10.1. The van der Waals surface area contributed by atoms with E-state index in [0.717, 1.165) is 11.1 Å². The number of hydrogen-bond donors (Lipinski definition) is 2. The number of carbonyl (C=O) groups is 1. The highest BCUT2D eigenvalue weighted by Gasteiger charge is 2.19. The van der Waals surface area contributed by atoms with E-state index in [4.69, 9.17) is 0 Å². The van der Waals surface area contributed by atoms with Crippen molar-refractivity contribution in [3.8, 4) is 0 Å². The van der Waals surface area contributed by atoms with Gasteiger partial charge in [-0.15, -0.1) is 0 Å². The number of hydrogen-bond acceptors (Lipinski definition) is 6. The number of amides is 1. The second-order valence-electron chi connectivity index (χ2n) is 7.74. The fourth-order valence-electron chi connectivity index (χ4n) is 3.13. The van der Waals surface area contributed by atoms with E-state index >= 15 is 0 Å². The second kappa shape index (κ2) is 9.29. The first-order valence-electron chi connectivity index (χ1n) is 9.95. The van der Waals surface area contributed by atoms with Crippen LogP contribution in [-0.4, -0.2) is 33.3 Å². The first-order valence-corrected chi connectivity index (χ1v) is 11.4. The SMILES string of the molecule is Cc1ccc(NS(=O)(=O)c2ccc(NC(=O)c3ccc(N(C)C)c([N+](=O)[O-])c3)cc2)cc1C. The summed E-state index contributed by atoms with van der Waals surface area (Å²) in [5.74, 6) is -0.549. The van der Waals surface area contributed by atoms with Crippen LogP contribution in [0.2, 0.25) is 0 Å². The standard InChI is InChI=1S/C23H24N4O5S/c1-15-5-7-19(13-16(15)2)25-33(31,32)20-10-8-18(9-11-20)24-23(28)17-6-12-21(26(3)4)22(14-17)27(29)30/h5-14,25H,1-4H3,(H,24,28). The molecule has 0 fully saturated rings. The van der Waals surface area contributed by atoms with Gasteiger partial charge in [0.1, 0.15) is 5.69 Å². The van der Waals surface area contributed by atoms with Crippen molar-refractivity contribution in [2.75, 3.05) is 29.0 Å². The third kappa shape index (κ3) is 5.47. The fourth-order valence-corrected chi connectivity index (χ4v) is 4.18. The van der Waals surface area contributed by atoms with Gasteiger partial charge in [0.05, 0.1) is 9.82 Å². The van der Waals surface area contributed by atoms with Gasteiger partial charge in [-0.25, -0.2) is 8.42 Å². The Kier molecular flexibility index (Phi) is 6.68. The number of nitro benzene ring substituents is 1. The Labute approximate surface area is 192 Å². The molecule has 9 nitrogen and oxygen atoms in total. The van der Waals surface area contributed by atoms with Crippen LogP contribution < -0.4 is 14.9 Å². The van der Waals surface area contributed by atoms with Crippen LogP contribution in [-0.2, 0) is 10.0 Å². The topological polar surface area (TPSA) is 122 Å². The van der Waals surface area contributed by atoms with Crippen LogP contribution in [0.4, 0.5) is 22.7 Å². The molecule has 10 heteroatoms. The molecule has 3 aromatic rings. The quantitative estimate of drug-likeness (QED) is 0.393. The molecular formula is C23H24N4O5S. The van der Waals surface area contributed by atoms with Crippen molar-refractivity contribution in [1.82, 2.24) is 0 Å². The summed E-state index contributed by atoms with van der Waals surface area (Å²) in [7, 11) is -0.464. The number of nitrogens with one attached hydrogen (secondary N) is 2. The molecule has 0 bridgehead atoms. The Bertz CT molecular complexity index is 1320. The molecule has 0 saturated heterocycles. The first-order chi connectivity index (χ1) is 15.5. The van der Waals surface area contributed by atoms with Gasteiger partial charge in [0.2, 0.25) is 0 Å². The Morgan fingerprint density at radius 1 is 0.909 bits per heavy atom. The van der Waals surface area contributed by atoms with Gasteiger partial charge >= 0.3 is 0 Å². The maximum absolute atomic E-state index is 12.7. The zero-order chi connectivity index (χ0) is 24.3. The second-order valence-corrected chi connectivity index (χ2v) is 9.42. The number of benzene rings is 3. The predicted octanol–water partition coefficient (Wildman–Crippen LogP) is 4.33. The third-order valence-corrected chi connectivity index (χ3v) is 6.49. The van der Waals surface area contributed by atoms with Gasteiger partial charge in [-0.1, -0.05) is 6.07 Å². The summed E-state index contributed by atoms with van der Waals surface area (Å²) in [5.41, 5.74) is 3.13. The van der Waals surface area contributed by atoms with E-state index in [9.17, 15) is 23.3 Å². The maximum Gasteiger partial charge on any atom is 0.293 e. The van der Waals surface area contributed by atoms with Crippen LogP contribution in [0.5, 0.6) is 0 Å². The highest BCUT2D eigenvalue weighted by atomic mass is 32.2. The van der Waals surface area contributed by atoms with Crippen LogP contribution in [0, 0.1) is 24.0 Å². The van der Waals surface area contributed by atoms with Crippen molar-refractivity contribution in [3.05, 3.63) is 87.5 Å². The molecule has 0 aliphatic heterocycles. The van der Waals surface area contributed by atoms with E-state index in [1.54, 1.807) is 31.1 Å². The largest absolute Gasteiger partial charge is 0.372 e. The summed E-state index contributed by atoms with van der Waals surface area (Å²) >= 11 is 0. The summed E-state index contributed by atoms with van der Waals surface area (Å²) in [6.45, 7) is 3.84. The summed E-state index contributed by atoms with van der Waals surface area (Å²) in [6.07, 6.45) is 0. The molecule has 0 spiro atoms. The van der Waals surface area contributed by atoms with Gasteiger partial charge in [0.15, 0.2) is 0 Å². The lowest BCUT2D eigenvalue weighted by Gasteiger charge is -2.13. The summed E-state index contributed by atoms with van der Waals surface area (Å²) < 4.78 is 27.9. The highest BCUT2D eigenvalue weighted by molar-refractivity contribution is 7.92. The average Bonchev–Trinajstić information content (AvgIpc) is 2.76. The van der Waals surface area contributed by atoms with Gasteiger partial charge in [0.25, 0.3) is 21.6 Å². The molecule has 3 aromatic carbocycles. The van der Waals surface area contributed by atoms with E-state index in [0.29, 0.717) is 17.1 Å². The number of rotatable bonds is 7. The first kappa shape index (κ1) is 23.7. The summed E-state index contributed by atoms with van der Waals surface area (Å²) in [5, 5.41) is 14.0. The minimum Gasteiger partial charge on any atom is -0.372 e. The van der Waals surface area contributed by atoms with Crippen molar-refractivity contribution in [2.45, 2.75) is 18.7 Å². The van der Waals surface area contributed by atoms with Crippen LogP contribution in [0.1, 0.15) is 21.5 Å². The van der Waals surface area contributed by atoms with Crippen LogP contribution in [0.25, 0.3) is 0 Å². The molecule has 2 N–H and O–H groups in total. The molecule has 0 heterocycles. The number of aryl methyl sites for hydroxylation is 2. The zero-order valence-corrected chi connectivity index (χ0v) is 19.4. The molecule has 3 rings (SSSR count). The molecule has 0 aromatic heterocycles. The molecule has 0 unspecified atom stereocenters. The van der Waals surface area contributed by atoms with Crippen molar-refractivity contribution < 1.29 is 18.1 Å². The molecule has 33 heavy (non-hydrogen) atoms. The molecule has 0 aliphatic rings. The molecule has 0 radical (unpaired) electrons. The van der Waals surface area contributed by atoms with E-state index in [2.05, 4.69) is 10.0 Å². The van der Waals surface area contributed by atoms with Crippen molar-refractivity contribution in [1.29, 1.82) is 0 Å². The van der Waals surface area contributed by atoms with Gasteiger partial charge < -0.3 is 10.2 Å². The number of carbonyl (C=O) groups excluding carboxylic acids is 1. The molecule has 0 aliphatic carbocycles. The zero-order valence-electron chi connectivity index (χ0n) is 18.6. The fraction of sp³-hybridized carbons (Fsp3) is 0.174. The monoisotopic (exact) mass is 468 g/mol. The number of sulfonamides is 1. The van der Waals surface area contributed by atoms with Gasteiger partial charge in [0, 0.05) is 37.1 Å². The normalized spacial score (nSPS) is 11.0. The van der Waals surface area contributed by atoms with E-state index < -0.39 is 20.9 Å². The third-order valence-electron chi connectivity index (χ3n) is 5.10. The predicted molar refractivity (Wildman–Crippen MR) is 129 cm³/mol. The molecule has 1 amide bonds. The highest BCUT2D eigenvalue weighted by Crippen LogP contribution is 2.28. The van der Waals surface area contributed by atoms with Crippen LogP contribution in [0.3, 0.4) is 0 Å². The minimum absolute atomic E-state index is 0.0321. The molecule has 172 valence electrons. The van der Waals surface area contributed by atoms with Crippen LogP contribution in [0.15, 0.2) is 65.6 Å². The van der Waals surface area contributed by atoms with Crippen LogP contribution >= 0.6 is 0 Å². The Morgan fingerprint density at radius 3 is 2.12 bits per heavy atom.